The number of aryl methyl sites for hydroxylation is 2. The summed E-state index contributed by atoms with van der Waals surface area (Å²) in [5, 5.41) is 7.77. The molecule has 0 amide bonds. The highest BCUT2D eigenvalue weighted by atomic mass is 15.3. The highest BCUT2D eigenvalue weighted by Crippen LogP contribution is 2.23. The van der Waals surface area contributed by atoms with Gasteiger partial charge in [0.25, 0.3) is 0 Å². The summed E-state index contributed by atoms with van der Waals surface area (Å²) in [7, 11) is 0. The molecule has 0 saturated heterocycles. The number of nitrogens with one attached hydrogen (secondary N) is 1. The summed E-state index contributed by atoms with van der Waals surface area (Å²) in [4.78, 5) is 13.0. The fourth-order valence-corrected chi connectivity index (χ4v) is 2.34. The van der Waals surface area contributed by atoms with Crippen molar-refractivity contribution in [2.75, 3.05) is 5.32 Å². The van der Waals surface area contributed by atoms with Gasteiger partial charge in [0, 0.05) is 29.7 Å². The number of imidazole rings is 1. The lowest BCUT2D eigenvalue weighted by molar-refractivity contribution is 0.837. The molecule has 6 nitrogen and oxygen atoms in total. The van der Waals surface area contributed by atoms with Crippen LogP contribution < -0.4 is 5.32 Å². The molecule has 0 aliphatic heterocycles. The molecule has 0 aliphatic carbocycles. The second kappa shape index (κ2) is 5.12. The molecule has 0 aliphatic rings. The summed E-state index contributed by atoms with van der Waals surface area (Å²) in [6.45, 7) is 8.12. The summed E-state index contributed by atoms with van der Waals surface area (Å²) in [6.07, 6.45) is 3.61. The number of anilines is 2. The summed E-state index contributed by atoms with van der Waals surface area (Å²) >= 11 is 0. The highest BCUT2D eigenvalue weighted by Gasteiger charge is 2.11. The molecule has 3 rings (SSSR count). The first kappa shape index (κ1) is 13.5. The predicted molar refractivity (Wildman–Crippen MR) is 81.9 cm³/mol. The van der Waals surface area contributed by atoms with Crippen molar-refractivity contribution in [3.63, 3.8) is 0 Å². The molecule has 0 bridgehead atoms. The van der Waals surface area contributed by atoms with Gasteiger partial charge in [0.15, 0.2) is 11.5 Å². The highest BCUT2D eigenvalue weighted by molar-refractivity contribution is 5.58. The third kappa shape index (κ3) is 2.69. The zero-order valence-corrected chi connectivity index (χ0v) is 12.6. The smallest absolute Gasteiger partial charge is 0.157 e. The lowest BCUT2D eigenvalue weighted by Crippen LogP contribution is -2.05. The Hall–Kier alpha value is -2.50. The van der Waals surface area contributed by atoms with Gasteiger partial charge in [-0.1, -0.05) is 13.8 Å². The standard InChI is InChI=1S/C15H18N6/c1-9(2)12-8-14(20-21-6-5-16-15(12)21)19-13-7-10(3)17-11(4)18-13/h5-9H,1-4H3,(H,17,18,19,20). The largest absolute Gasteiger partial charge is 0.323 e. The molecule has 108 valence electrons. The van der Waals surface area contributed by atoms with Gasteiger partial charge in [-0.15, -0.1) is 5.10 Å². The van der Waals surface area contributed by atoms with Crippen LogP contribution in [-0.2, 0) is 0 Å². The van der Waals surface area contributed by atoms with Crippen molar-refractivity contribution >= 4 is 17.3 Å². The zero-order valence-electron chi connectivity index (χ0n) is 12.6. The van der Waals surface area contributed by atoms with E-state index in [1.54, 1.807) is 10.7 Å². The Morgan fingerprint density at radius 1 is 1.10 bits per heavy atom. The third-order valence-corrected chi connectivity index (χ3v) is 3.23. The second-order valence-electron chi connectivity index (χ2n) is 5.40. The van der Waals surface area contributed by atoms with Gasteiger partial charge in [-0.25, -0.2) is 19.5 Å². The molecule has 0 radical (unpaired) electrons. The van der Waals surface area contributed by atoms with Crippen LogP contribution in [0.4, 0.5) is 11.6 Å². The van der Waals surface area contributed by atoms with Gasteiger partial charge in [0.2, 0.25) is 0 Å². The van der Waals surface area contributed by atoms with Crippen LogP contribution in [0.1, 0.15) is 36.8 Å². The Labute approximate surface area is 123 Å². The van der Waals surface area contributed by atoms with Crippen LogP contribution in [-0.4, -0.2) is 24.6 Å². The number of fused-ring (bicyclic) bond motifs is 1. The Balaban J connectivity index is 2.04. The predicted octanol–water partition coefficient (Wildman–Crippen LogP) is 3.00. The maximum Gasteiger partial charge on any atom is 0.157 e. The van der Waals surface area contributed by atoms with E-state index in [2.05, 4.69) is 39.2 Å². The van der Waals surface area contributed by atoms with Gasteiger partial charge in [-0.3, -0.25) is 0 Å². The lowest BCUT2D eigenvalue weighted by Gasteiger charge is -2.11. The van der Waals surface area contributed by atoms with Crippen LogP contribution in [0, 0.1) is 13.8 Å². The van der Waals surface area contributed by atoms with Crippen LogP contribution in [0.3, 0.4) is 0 Å². The van der Waals surface area contributed by atoms with Crippen molar-refractivity contribution in [1.29, 1.82) is 0 Å². The average molecular weight is 282 g/mol. The van der Waals surface area contributed by atoms with Gasteiger partial charge in [-0.2, -0.15) is 0 Å². The number of aromatic nitrogens is 5. The molecule has 0 atom stereocenters. The molecule has 3 aromatic rings. The quantitative estimate of drug-likeness (QED) is 0.799. The number of nitrogens with zero attached hydrogens (tertiary/aromatic N) is 5. The second-order valence-corrected chi connectivity index (χ2v) is 5.40. The third-order valence-electron chi connectivity index (χ3n) is 3.23. The van der Waals surface area contributed by atoms with E-state index in [-0.39, 0.29) is 0 Å². The van der Waals surface area contributed by atoms with Crippen molar-refractivity contribution in [2.45, 2.75) is 33.6 Å². The SMILES string of the molecule is Cc1cc(Nc2cc(C(C)C)c3nccn3n2)nc(C)n1. The Morgan fingerprint density at radius 3 is 2.62 bits per heavy atom. The van der Waals surface area contributed by atoms with Crippen LogP contribution in [0.2, 0.25) is 0 Å². The summed E-state index contributed by atoms with van der Waals surface area (Å²) < 4.78 is 1.79. The van der Waals surface area contributed by atoms with Crippen molar-refractivity contribution in [3.8, 4) is 0 Å². The molecule has 1 N–H and O–H groups in total. The fraction of sp³-hybridized carbons (Fsp3) is 0.333. The molecular weight excluding hydrogens is 264 g/mol. The first-order chi connectivity index (χ1) is 10.0. The van der Waals surface area contributed by atoms with Gasteiger partial charge >= 0.3 is 0 Å². The number of hydrogen-bond acceptors (Lipinski definition) is 5. The van der Waals surface area contributed by atoms with E-state index in [0.717, 1.165) is 34.4 Å². The molecule has 0 aromatic carbocycles. The molecule has 3 aromatic heterocycles. The van der Waals surface area contributed by atoms with Crippen molar-refractivity contribution in [2.24, 2.45) is 0 Å². The Bertz CT molecular complexity index is 770. The van der Waals surface area contributed by atoms with Crippen LogP contribution in [0.15, 0.2) is 24.5 Å². The maximum atomic E-state index is 4.52. The monoisotopic (exact) mass is 282 g/mol. The Kier molecular flexibility index (Phi) is 3.29. The van der Waals surface area contributed by atoms with E-state index in [4.69, 9.17) is 0 Å². The molecule has 0 fully saturated rings. The summed E-state index contributed by atoms with van der Waals surface area (Å²) in [6, 6.07) is 3.93. The van der Waals surface area contributed by atoms with Gasteiger partial charge < -0.3 is 5.32 Å². The molecule has 0 saturated carbocycles. The first-order valence-electron chi connectivity index (χ1n) is 6.96. The summed E-state index contributed by atoms with van der Waals surface area (Å²) in [5.74, 6) is 2.61. The van der Waals surface area contributed by atoms with Crippen LogP contribution >= 0.6 is 0 Å². The fourth-order valence-electron chi connectivity index (χ4n) is 2.34. The van der Waals surface area contributed by atoms with Crippen molar-refractivity contribution in [1.82, 2.24) is 24.6 Å². The molecular formula is C15H18N6. The van der Waals surface area contributed by atoms with Crippen LogP contribution in [0.5, 0.6) is 0 Å². The van der Waals surface area contributed by atoms with E-state index in [0.29, 0.717) is 5.92 Å². The first-order valence-corrected chi connectivity index (χ1v) is 6.96. The minimum Gasteiger partial charge on any atom is -0.323 e. The molecule has 0 unspecified atom stereocenters. The number of rotatable bonds is 3. The zero-order chi connectivity index (χ0) is 15.0. The van der Waals surface area contributed by atoms with E-state index in [1.165, 1.54) is 0 Å². The van der Waals surface area contributed by atoms with Gasteiger partial charge in [0.1, 0.15) is 11.6 Å². The molecule has 6 heteroatoms. The molecule has 3 heterocycles. The minimum atomic E-state index is 0.368. The van der Waals surface area contributed by atoms with E-state index in [9.17, 15) is 0 Å². The van der Waals surface area contributed by atoms with E-state index in [1.807, 2.05) is 32.2 Å². The van der Waals surface area contributed by atoms with E-state index >= 15 is 0 Å². The normalized spacial score (nSPS) is 11.3. The van der Waals surface area contributed by atoms with Gasteiger partial charge in [0.05, 0.1) is 0 Å². The van der Waals surface area contributed by atoms with Crippen molar-refractivity contribution < 1.29 is 0 Å². The van der Waals surface area contributed by atoms with E-state index < -0.39 is 0 Å². The molecule has 21 heavy (non-hydrogen) atoms. The summed E-state index contributed by atoms with van der Waals surface area (Å²) in [5.41, 5.74) is 2.98. The average Bonchev–Trinajstić information content (AvgIpc) is 2.84. The topological polar surface area (TPSA) is 68.0 Å². The van der Waals surface area contributed by atoms with Crippen LogP contribution in [0.25, 0.3) is 5.65 Å². The Morgan fingerprint density at radius 2 is 1.90 bits per heavy atom. The number of hydrogen-bond donors (Lipinski definition) is 1. The van der Waals surface area contributed by atoms with Crippen molar-refractivity contribution in [3.05, 3.63) is 41.6 Å². The maximum absolute atomic E-state index is 4.52. The lowest BCUT2D eigenvalue weighted by atomic mass is 10.1. The minimum absolute atomic E-state index is 0.368. The van der Waals surface area contributed by atoms with Gasteiger partial charge in [-0.05, 0) is 25.8 Å². The molecule has 0 spiro atoms.